The number of phenolic OH excluding ortho intramolecular Hbond substituents is 1. The quantitative estimate of drug-likeness (QED) is 0.363. The van der Waals surface area contributed by atoms with Crippen LogP contribution in [0.5, 0.6) is 5.75 Å². The predicted molar refractivity (Wildman–Crippen MR) is 137 cm³/mol. The fraction of sp³-hybridized carbons (Fsp3) is 0.708. The number of aliphatic hydroxyl groups excluding tert-OH is 1. The minimum atomic E-state index is -1.50. The van der Waals surface area contributed by atoms with Gasteiger partial charge >= 0.3 is 5.97 Å². The minimum absolute atomic E-state index is 0. The van der Waals surface area contributed by atoms with Gasteiger partial charge in [0.1, 0.15) is 11.3 Å². The zero-order valence-corrected chi connectivity index (χ0v) is 21.0. The summed E-state index contributed by atoms with van der Waals surface area (Å²) < 4.78 is 0. The molecule has 1 saturated carbocycles. The van der Waals surface area contributed by atoms with Gasteiger partial charge in [0.25, 0.3) is 0 Å². The third kappa shape index (κ3) is 7.76. The normalized spacial score (nSPS) is 21.7. The van der Waals surface area contributed by atoms with Crippen LogP contribution in [0.15, 0.2) is 18.2 Å². The van der Waals surface area contributed by atoms with Crippen LogP contribution in [0, 0.1) is 5.92 Å². The number of fused-ring (bicyclic) bond motifs is 1. The molecule has 2 radical (unpaired) electrons. The number of aromatic hydroxyl groups is 1. The first-order chi connectivity index (χ1) is 14.8. The summed E-state index contributed by atoms with van der Waals surface area (Å²) >= 11 is 0. The van der Waals surface area contributed by atoms with Crippen LogP contribution in [0.2, 0.25) is 5.82 Å². The predicted octanol–water partition coefficient (Wildman–Crippen LogP) is 3.83. The molecule has 0 amide bonds. The van der Waals surface area contributed by atoms with Crippen LogP contribution in [0.3, 0.4) is 0 Å². The molecule has 1 aromatic carbocycles. The average molecular weight is 501 g/mol. The molecule has 33 heavy (non-hydrogen) atoms. The summed E-state index contributed by atoms with van der Waals surface area (Å²) in [7, 11) is 6.17. The number of nitrogens with zero attached hydrogens (tertiary/aromatic N) is 1. The van der Waals surface area contributed by atoms with E-state index in [9.17, 15) is 15.0 Å². The van der Waals surface area contributed by atoms with Crippen LogP contribution in [-0.2, 0) is 17.8 Å². The number of hydrogen-bond acceptors (Lipinski definition) is 5. The third-order valence-corrected chi connectivity index (χ3v) is 7.38. The Morgan fingerprint density at radius 2 is 1.91 bits per heavy atom. The zero-order chi connectivity index (χ0) is 22.4. The van der Waals surface area contributed by atoms with Gasteiger partial charge in [0, 0.05) is 25.7 Å². The van der Waals surface area contributed by atoms with Crippen molar-refractivity contribution in [2.24, 2.45) is 11.7 Å². The van der Waals surface area contributed by atoms with Gasteiger partial charge in [0.05, 0.1) is 7.85 Å². The highest BCUT2D eigenvalue weighted by Gasteiger charge is 2.40. The van der Waals surface area contributed by atoms with Crippen LogP contribution in [0.1, 0.15) is 68.9 Å². The highest BCUT2D eigenvalue weighted by Crippen LogP contribution is 2.35. The van der Waals surface area contributed by atoms with Gasteiger partial charge in [-0.2, -0.15) is 0 Å². The van der Waals surface area contributed by atoms with Crippen LogP contribution >= 0.6 is 24.8 Å². The maximum absolute atomic E-state index is 12.0. The van der Waals surface area contributed by atoms with E-state index in [1.807, 2.05) is 12.1 Å². The number of hydrogen-bond donors (Lipinski definition) is 4. The van der Waals surface area contributed by atoms with Crippen molar-refractivity contribution in [2.75, 3.05) is 13.2 Å². The standard InChI is InChI=1S/C24H37BN2O4.2ClH/c25-22(7-4-12-28)24(26,23(30)31)11-10-20-13-18-8-9-21(29)14-19(18)16-27(20)15-17-5-2-1-3-6-17;;/h8-9,14,17,20,22,28-29H,1-7,10-13,15-16,26H2,(H,30,31);2*1H. The number of phenols is 1. The van der Waals surface area contributed by atoms with E-state index in [0.717, 1.165) is 25.1 Å². The number of carboxylic acids is 1. The van der Waals surface area contributed by atoms with E-state index in [4.69, 9.17) is 18.7 Å². The molecule has 3 atom stereocenters. The Balaban J connectivity index is 0.00000272. The molecule has 6 nitrogen and oxygen atoms in total. The van der Waals surface area contributed by atoms with Gasteiger partial charge in [0.2, 0.25) is 0 Å². The molecule has 1 aliphatic carbocycles. The fourth-order valence-electron chi connectivity index (χ4n) is 5.31. The van der Waals surface area contributed by atoms with Gasteiger partial charge in [-0.3, -0.25) is 9.69 Å². The van der Waals surface area contributed by atoms with E-state index >= 15 is 0 Å². The van der Waals surface area contributed by atoms with Gasteiger partial charge in [0.15, 0.2) is 0 Å². The van der Waals surface area contributed by atoms with E-state index < -0.39 is 17.3 Å². The lowest BCUT2D eigenvalue weighted by molar-refractivity contribution is -0.144. The molecule has 3 rings (SSSR count). The second-order valence-corrected chi connectivity index (χ2v) is 9.60. The lowest BCUT2D eigenvalue weighted by Crippen LogP contribution is -2.53. The minimum Gasteiger partial charge on any atom is -0.508 e. The third-order valence-electron chi connectivity index (χ3n) is 7.38. The Labute approximate surface area is 211 Å². The molecule has 186 valence electrons. The summed E-state index contributed by atoms with van der Waals surface area (Å²) in [4.78, 5) is 14.5. The lowest BCUT2D eigenvalue weighted by atomic mass is 9.66. The molecule has 1 aromatic rings. The molecule has 5 N–H and O–H groups in total. The highest BCUT2D eigenvalue weighted by molar-refractivity contribution is 6.15. The SMILES string of the molecule is Cl.Cl.[B]C(CCCO)C(N)(CCC1Cc2ccc(O)cc2CN1CC1CCCCC1)C(=O)O. The molecular formula is C24H39BCl2N2O4. The van der Waals surface area contributed by atoms with E-state index in [-0.39, 0.29) is 43.2 Å². The van der Waals surface area contributed by atoms with Crippen LogP contribution < -0.4 is 5.73 Å². The Hall–Kier alpha value is -0.985. The number of benzene rings is 1. The Kier molecular flexibility index (Phi) is 12.6. The summed E-state index contributed by atoms with van der Waals surface area (Å²) in [5.74, 6) is -0.810. The Morgan fingerprint density at radius 1 is 1.21 bits per heavy atom. The van der Waals surface area contributed by atoms with Crippen molar-refractivity contribution >= 4 is 38.6 Å². The van der Waals surface area contributed by atoms with Gasteiger partial charge in [-0.05, 0) is 73.5 Å². The number of aliphatic carboxylic acids is 1. The van der Waals surface area contributed by atoms with Crippen molar-refractivity contribution in [3.8, 4) is 5.75 Å². The molecule has 1 heterocycles. The summed E-state index contributed by atoms with van der Waals surface area (Å²) in [5.41, 5.74) is 7.20. The molecule has 9 heteroatoms. The smallest absolute Gasteiger partial charge is 0.323 e. The van der Waals surface area contributed by atoms with Crippen molar-refractivity contribution in [2.45, 2.75) is 88.2 Å². The first-order valence-electron chi connectivity index (χ1n) is 11.8. The van der Waals surface area contributed by atoms with E-state index in [0.29, 0.717) is 31.6 Å². The molecule has 0 bridgehead atoms. The fourth-order valence-corrected chi connectivity index (χ4v) is 5.31. The summed E-state index contributed by atoms with van der Waals surface area (Å²) in [5, 5.41) is 28.9. The molecule has 0 aromatic heterocycles. The molecular weight excluding hydrogens is 462 g/mol. The molecule has 1 aliphatic heterocycles. The van der Waals surface area contributed by atoms with E-state index in [2.05, 4.69) is 4.90 Å². The van der Waals surface area contributed by atoms with Crippen molar-refractivity contribution in [3.05, 3.63) is 29.3 Å². The zero-order valence-electron chi connectivity index (χ0n) is 19.3. The number of rotatable bonds is 10. The van der Waals surface area contributed by atoms with Gasteiger partial charge in [-0.15, -0.1) is 24.8 Å². The van der Waals surface area contributed by atoms with Crippen molar-refractivity contribution in [3.63, 3.8) is 0 Å². The van der Waals surface area contributed by atoms with Gasteiger partial charge in [-0.1, -0.05) is 31.7 Å². The van der Waals surface area contributed by atoms with E-state index in [1.165, 1.54) is 37.7 Å². The topological polar surface area (TPSA) is 107 Å². The highest BCUT2D eigenvalue weighted by atomic mass is 35.5. The monoisotopic (exact) mass is 500 g/mol. The number of halogens is 2. The van der Waals surface area contributed by atoms with Gasteiger partial charge in [-0.25, -0.2) is 0 Å². The summed E-state index contributed by atoms with van der Waals surface area (Å²) in [6.45, 7) is 1.75. The Bertz CT molecular complexity index is 751. The Morgan fingerprint density at radius 3 is 2.55 bits per heavy atom. The van der Waals surface area contributed by atoms with Crippen molar-refractivity contribution in [1.82, 2.24) is 4.90 Å². The molecule has 2 aliphatic rings. The summed E-state index contributed by atoms with van der Waals surface area (Å²) in [6, 6.07) is 5.76. The largest absolute Gasteiger partial charge is 0.508 e. The lowest BCUT2D eigenvalue weighted by Gasteiger charge is -2.41. The van der Waals surface area contributed by atoms with Crippen LogP contribution in [0.25, 0.3) is 0 Å². The maximum atomic E-state index is 12.0. The van der Waals surface area contributed by atoms with Crippen molar-refractivity contribution < 1.29 is 20.1 Å². The second-order valence-electron chi connectivity index (χ2n) is 9.60. The maximum Gasteiger partial charge on any atom is 0.323 e. The first-order valence-corrected chi connectivity index (χ1v) is 11.8. The molecule has 1 fully saturated rings. The second kappa shape index (κ2) is 13.8. The number of carbonyl (C=O) groups is 1. The van der Waals surface area contributed by atoms with Gasteiger partial charge < -0.3 is 21.1 Å². The van der Waals surface area contributed by atoms with E-state index in [1.54, 1.807) is 6.07 Å². The van der Waals surface area contributed by atoms with Crippen LogP contribution in [0.4, 0.5) is 0 Å². The molecule has 3 unspecified atom stereocenters. The summed E-state index contributed by atoms with van der Waals surface area (Å²) in [6.07, 6.45) is 8.99. The number of nitrogens with two attached hydrogens (primary N) is 1. The van der Waals surface area contributed by atoms with Crippen LogP contribution in [-0.4, -0.2) is 58.8 Å². The first kappa shape index (κ1) is 30.0. The van der Waals surface area contributed by atoms with Crippen molar-refractivity contribution in [1.29, 1.82) is 0 Å². The molecule has 0 saturated heterocycles. The average Bonchev–Trinajstić information content (AvgIpc) is 2.76. The molecule has 0 spiro atoms. The number of aliphatic hydroxyl groups is 1. The number of carboxylic acid groups (broad SMARTS) is 1.